The molecule has 0 fully saturated rings. The van der Waals surface area contributed by atoms with Gasteiger partial charge >= 0.3 is 5.97 Å². The summed E-state index contributed by atoms with van der Waals surface area (Å²) in [5, 5.41) is 0. The molecule has 0 saturated heterocycles. The van der Waals surface area contributed by atoms with Crippen molar-refractivity contribution in [3.63, 3.8) is 0 Å². The van der Waals surface area contributed by atoms with Crippen LogP contribution in [0.5, 0.6) is 0 Å². The van der Waals surface area contributed by atoms with E-state index >= 15 is 0 Å². The summed E-state index contributed by atoms with van der Waals surface area (Å²) in [5.74, 6) is 1.88. The predicted octanol–water partition coefficient (Wildman–Crippen LogP) is 0.819. The lowest BCUT2D eigenvalue weighted by Crippen LogP contribution is -2.11. The number of terminal acetylenes is 1. The number of rotatable bonds is 2. The molecule has 9 heavy (non-hydrogen) atoms. The molecule has 0 amide bonds. The predicted molar refractivity (Wildman–Crippen MR) is 34.6 cm³/mol. The van der Waals surface area contributed by atoms with Gasteiger partial charge in [0.05, 0.1) is 5.92 Å². The van der Waals surface area contributed by atoms with Gasteiger partial charge in [-0.3, -0.25) is 4.79 Å². The number of esters is 1. The summed E-state index contributed by atoms with van der Waals surface area (Å²) in [6.45, 7) is 3.61. The first-order valence-electron chi connectivity index (χ1n) is 2.78. The van der Waals surface area contributed by atoms with E-state index in [0.29, 0.717) is 0 Å². The van der Waals surface area contributed by atoms with Crippen LogP contribution in [0.2, 0.25) is 0 Å². The number of hydrogen-bond acceptors (Lipinski definition) is 2. The van der Waals surface area contributed by atoms with Gasteiger partial charge in [0.25, 0.3) is 0 Å². The largest absolute Gasteiger partial charge is 0.452 e. The molecule has 0 N–H and O–H groups in total. The van der Waals surface area contributed by atoms with Crippen LogP contribution >= 0.6 is 0 Å². The van der Waals surface area contributed by atoms with Gasteiger partial charge in [-0.15, -0.1) is 6.42 Å². The zero-order valence-corrected chi connectivity index (χ0v) is 5.68. The number of carbonyl (C=O) groups excluding carboxylic acids is 1. The van der Waals surface area contributed by atoms with Gasteiger partial charge in [-0.25, -0.2) is 0 Å². The van der Waals surface area contributed by atoms with Crippen LogP contribution < -0.4 is 0 Å². The molecule has 0 saturated carbocycles. The molecule has 0 atom stereocenters. The van der Waals surface area contributed by atoms with Gasteiger partial charge in [-0.05, 0) is 0 Å². The van der Waals surface area contributed by atoms with Gasteiger partial charge in [0.1, 0.15) is 0 Å². The first-order valence-corrected chi connectivity index (χ1v) is 2.78. The highest BCUT2D eigenvalue weighted by atomic mass is 16.5. The summed E-state index contributed by atoms with van der Waals surface area (Å²) in [4.78, 5) is 10.6. The highest BCUT2D eigenvalue weighted by Crippen LogP contribution is 1.93. The fraction of sp³-hybridized carbons (Fsp3) is 0.571. The fourth-order valence-corrected chi connectivity index (χ4v) is 0.279. The Hall–Kier alpha value is -0.970. The van der Waals surface area contributed by atoms with Crippen molar-refractivity contribution in [2.45, 2.75) is 13.8 Å². The molecule has 0 spiro atoms. The average molecular weight is 126 g/mol. The third-order valence-electron chi connectivity index (χ3n) is 0.769. The van der Waals surface area contributed by atoms with Crippen LogP contribution in [0, 0.1) is 18.3 Å². The lowest BCUT2D eigenvalue weighted by molar-refractivity contribution is -0.145. The van der Waals surface area contributed by atoms with E-state index in [9.17, 15) is 4.79 Å². The summed E-state index contributed by atoms with van der Waals surface area (Å²) in [6.07, 6.45) is 4.85. The maximum Gasteiger partial charge on any atom is 0.309 e. The molecule has 2 nitrogen and oxygen atoms in total. The van der Waals surface area contributed by atoms with Crippen molar-refractivity contribution in [3.8, 4) is 12.3 Å². The smallest absolute Gasteiger partial charge is 0.309 e. The van der Waals surface area contributed by atoms with Gasteiger partial charge in [0.2, 0.25) is 0 Å². The second-order valence-electron chi connectivity index (χ2n) is 1.97. The summed E-state index contributed by atoms with van der Waals surface area (Å²) in [6, 6.07) is 0. The molecular formula is C7H10O2. The zero-order valence-electron chi connectivity index (χ0n) is 5.68. The minimum absolute atomic E-state index is 0.0804. The van der Waals surface area contributed by atoms with E-state index < -0.39 is 0 Å². The molecule has 0 aliphatic carbocycles. The number of ether oxygens (including phenoxy) is 1. The van der Waals surface area contributed by atoms with Crippen molar-refractivity contribution in [2.24, 2.45) is 5.92 Å². The maximum atomic E-state index is 10.6. The van der Waals surface area contributed by atoms with Crippen LogP contribution in [0.15, 0.2) is 0 Å². The molecular weight excluding hydrogens is 116 g/mol. The quantitative estimate of drug-likeness (QED) is 0.404. The van der Waals surface area contributed by atoms with E-state index in [-0.39, 0.29) is 18.5 Å². The minimum Gasteiger partial charge on any atom is -0.452 e. The van der Waals surface area contributed by atoms with E-state index in [1.54, 1.807) is 13.8 Å². The van der Waals surface area contributed by atoms with E-state index in [4.69, 9.17) is 6.42 Å². The Kier molecular flexibility index (Phi) is 3.54. The number of hydrogen-bond donors (Lipinski definition) is 0. The second kappa shape index (κ2) is 3.96. The Morgan fingerprint density at radius 1 is 1.78 bits per heavy atom. The topological polar surface area (TPSA) is 26.3 Å². The normalized spacial score (nSPS) is 8.67. The Labute approximate surface area is 55.2 Å². The lowest BCUT2D eigenvalue weighted by atomic mass is 10.2. The zero-order chi connectivity index (χ0) is 7.28. The summed E-state index contributed by atoms with van der Waals surface area (Å²) in [7, 11) is 0. The van der Waals surface area contributed by atoms with Gasteiger partial charge in [0, 0.05) is 0 Å². The fourth-order valence-electron chi connectivity index (χ4n) is 0.279. The van der Waals surface area contributed by atoms with E-state index in [2.05, 4.69) is 10.7 Å². The molecule has 50 valence electrons. The highest BCUT2D eigenvalue weighted by molar-refractivity contribution is 5.71. The monoisotopic (exact) mass is 126 g/mol. The van der Waals surface area contributed by atoms with Crippen molar-refractivity contribution < 1.29 is 9.53 Å². The van der Waals surface area contributed by atoms with E-state index in [1.165, 1.54) is 0 Å². The third kappa shape index (κ3) is 3.60. The molecule has 0 aromatic rings. The summed E-state index contributed by atoms with van der Waals surface area (Å²) >= 11 is 0. The minimum atomic E-state index is -0.243. The molecule has 0 aliphatic heterocycles. The molecule has 0 unspecified atom stereocenters. The highest BCUT2D eigenvalue weighted by Gasteiger charge is 2.05. The summed E-state index contributed by atoms with van der Waals surface area (Å²) in [5.41, 5.74) is 0. The van der Waals surface area contributed by atoms with Crippen LogP contribution in [0.25, 0.3) is 0 Å². The Bertz CT molecular complexity index is 130. The molecule has 0 aromatic carbocycles. The van der Waals surface area contributed by atoms with Gasteiger partial charge in [-0.2, -0.15) is 0 Å². The first kappa shape index (κ1) is 8.03. The lowest BCUT2D eigenvalue weighted by Gasteiger charge is -2.01. The van der Waals surface area contributed by atoms with Crippen molar-refractivity contribution >= 4 is 5.97 Å². The van der Waals surface area contributed by atoms with Crippen LogP contribution in [-0.2, 0) is 9.53 Å². The Morgan fingerprint density at radius 3 is 2.67 bits per heavy atom. The van der Waals surface area contributed by atoms with Crippen molar-refractivity contribution in [2.75, 3.05) is 6.61 Å². The standard InChI is InChI=1S/C7H10O2/c1-4-5-9-7(8)6(2)3/h1,6H,5H2,2-3H3. The van der Waals surface area contributed by atoms with E-state index in [0.717, 1.165) is 0 Å². The Balaban J connectivity index is 3.42. The number of carbonyl (C=O) groups is 1. The van der Waals surface area contributed by atoms with Crippen LogP contribution in [0.4, 0.5) is 0 Å². The molecule has 0 heterocycles. The molecule has 0 rings (SSSR count). The van der Waals surface area contributed by atoms with Crippen molar-refractivity contribution in [1.29, 1.82) is 0 Å². The van der Waals surface area contributed by atoms with Crippen LogP contribution in [0.1, 0.15) is 13.8 Å². The average Bonchev–Trinajstić information content (AvgIpc) is 1.82. The summed E-state index contributed by atoms with van der Waals surface area (Å²) < 4.78 is 4.58. The van der Waals surface area contributed by atoms with Gasteiger partial charge in [-0.1, -0.05) is 19.8 Å². The SMILES string of the molecule is C#CCOC(=O)C(C)C. The van der Waals surface area contributed by atoms with Crippen LogP contribution in [-0.4, -0.2) is 12.6 Å². The molecule has 0 radical (unpaired) electrons. The first-order chi connectivity index (χ1) is 4.18. The van der Waals surface area contributed by atoms with Gasteiger partial charge < -0.3 is 4.74 Å². The maximum absolute atomic E-state index is 10.6. The Morgan fingerprint density at radius 2 is 2.33 bits per heavy atom. The molecule has 0 bridgehead atoms. The molecule has 2 heteroatoms. The molecule has 0 aromatic heterocycles. The second-order valence-corrected chi connectivity index (χ2v) is 1.97. The molecule has 0 aliphatic rings. The van der Waals surface area contributed by atoms with E-state index in [1.807, 2.05) is 0 Å². The van der Waals surface area contributed by atoms with Crippen molar-refractivity contribution in [1.82, 2.24) is 0 Å². The van der Waals surface area contributed by atoms with Crippen LogP contribution in [0.3, 0.4) is 0 Å². The van der Waals surface area contributed by atoms with Crippen molar-refractivity contribution in [3.05, 3.63) is 0 Å². The third-order valence-corrected chi connectivity index (χ3v) is 0.769. The van der Waals surface area contributed by atoms with Gasteiger partial charge in [0.15, 0.2) is 6.61 Å².